The molecule has 0 amide bonds. The van der Waals surface area contributed by atoms with E-state index >= 15 is 0 Å². The normalized spacial score (nSPS) is 12.1. The fraction of sp³-hybridized carbons (Fsp3) is 0.200. The molecule has 3 N–H and O–H groups in total. The van der Waals surface area contributed by atoms with Gasteiger partial charge in [0.2, 0.25) is 10.0 Å². The quantitative estimate of drug-likeness (QED) is 0.861. The summed E-state index contributed by atoms with van der Waals surface area (Å²) in [5.74, 6) is 0. The van der Waals surface area contributed by atoms with E-state index in [1.165, 1.54) is 6.08 Å². The van der Waals surface area contributed by atoms with Gasteiger partial charge in [-0.25, -0.2) is 13.1 Å². The maximum Gasteiger partial charge on any atom is 0.233 e. The molecule has 16 heavy (non-hydrogen) atoms. The van der Waals surface area contributed by atoms with E-state index in [0.717, 1.165) is 15.4 Å². The summed E-state index contributed by atoms with van der Waals surface area (Å²) in [5, 5.41) is 1.13. The highest BCUT2D eigenvalue weighted by Crippen LogP contribution is 2.12. The van der Waals surface area contributed by atoms with E-state index in [-0.39, 0.29) is 13.1 Å². The molecule has 0 unspecified atom stereocenters. The number of benzene rings is 1. The smallest absolute Gasteiger partial charge is 0.233 e. The average molecular weight is 305 g/mol. The van der Waals surface area contributed by atoms with E-state index in [1.54, 1.807) is 0 Å². The van der Waals surface area contributed by atoms with E-state index < -0.39 is 10.0 Å². The van der Waals surface area contributed by atoms with Gasteiger partial charge < -0.3 is 5.73 Å². The van der Waals surface area contributed by atoms with Gasteiger partial charge in [0.15, 0.2) is 0 Å². The molecule has 0 aliphatic heterocycles. The molecular weight excluding hydrogens is 292 g/mol. The molecule has 0 aliphatic carbocycles. The Morgan fingerprint density at radius 3 is 2.81 bits per heavy atom. The number of rotatable bonds is 5. The zero-order valence-electron chi connectivity index (χ0n) is 8.56. The second kappa shape index (κ2) is 6.15. The number of sulfonamides is 1. The summed E-state index contributed by atoms with van der Waals surface area (Å²) in [6.45, 7) is 0.523. The van der Waals surface area contributed by atoms with Crippen LogP contribution in [0.3, 0.4) is 0 Å². The third-order valence-electron chi connectivity index (χ3n) is 1.74. The second-order valence-electron chi connectivity index (χ2n) is 3.09. The van der Waals surface area contributed by atoms with Crippen molar-refractivity contribution in [1.82, 2.24) is 4.72 Å². The number of nitrogens with two attached hydrogens (primary N) is 1. The molecule has 0 radical (unpaired) electrons. The Morgan fingerprint density at radius 2 is 2.19 bits per heavy atom. The third-order valence-corrected chi connectivity index (χ3v) is 3.33. The van der Waals surface area contributed by atoms with Crippen molar-refractivity contribution < 1.29 is 8.42 Å². The third kappa shape index (κ3) is 4.89. The molecule has 0 spiro atoms. The van der Waals surface area contributed by atoms with Crippen molar-refractivity contribution in [3.05, 3.63) is 39.7 Å². The maximum absolute atomic E-state index is 11.4. The fourth-order valence-electron chi connectivity index (χ4n) is 1.03. The number of halogens is 1. The van der Waals surface area contributed by atoms with E-state index in [1.807, 2.05) is 24.3 Å². The van der Waals surface area contributed by atoms with Crippen LogP contribution in [0.25, 0.3) is 6.08 Å². The monoisotopic (exact) mass is 304 g/mol. The van der Waals surface area contributed by atoms with E-state index in [9.17, 15) is 8.42 Å². The Balaban J connectivity index is 2.73. The predicted molar refractivity (Wildman–Crippen MR) is 69.2 cm³/mol. The molecule has 88 valence electrons. The summed E-state index contributed by atoms with van der Waals surface area (Å²) in [4.78, 5) is 0. The van der Waals surface area contributed by atoms with E-state index in [2.05, 4.69) is 20.7 Å². The van der Waals surface area contributed by atoms with Crippen molar-refractivity contribution in [1.29, 1.82) is 0 Å². The molecule has 0 aromatic heterocycles. The highest BCUT2D eigenvalue weighted by atomic mass is 79.9. The van der Waals surface area contributed by atoms with Gasteiger partial charge in [0.1, 0.15) is 0 Å². The number of hydrogen-bond acceptors (Lipinski definition) is 3. The molecule has 0 bridgehead atoms. The minimum absolute atomic E-state index is 0.241. The lowest BCUT2D eigenvalue weighted by Gasteiger charge is -1.99. The van der Waals surface area contributed by atoms with Gasteiger partial charge in [-0.2, -0.15) is 0 Å². The van der Waals surface area contributed by atoms with Gasteiger partial charge in [-0.1, -0.05) is 28.1 Å². The van der Waals surface area contributed by atoms with Crippen LogP contribution in [0.4, 0.5) is 0 Å². The topological polar surface area (TPSA) is 72.2 Å². The summed E-state index contributed by atoms with van der Waals surface area (Å²) in [6, 6.07) is 7.36. The first-order chi connectivity index (χ1) is 7.53. The molecule has 1 rings (SSSR count). The summed E-state index contributed by atoms with van der Waals surface area (Å²) in [5.41, 5.74) is 6.02. The van der Waals surface area contributed by atoms with Gasteiger partial charge in [-0.05, 0) is 23.8 Å². The summed E-state index contributed by atoms with van der Waals surface area (Å²) < 4.78 is 26.0. The van der Waals surface area contributed by atoms with Crippen molar-refractivity contribution in [2.45, 2.75) is 0 Å². The van der Waals surface area contributed by atoms with Crippen molar-refractivity contribution >= 4 is 32.0 Å². The molecule has 4 nitrogen and oxygen atoms in total. The molecule has 0 saturated heterocycles. The minimum Gasteiger partial charge on any atom is -0.329 e. The van der Waals surface area contributed by atoms with Crippen molar-refractivity contribution in [3.8, 4) is 0 Å². The van der Waals surface area contributed by atoms with Gasteiger partial charge in [0.05, 0.1) is 0 Å². The van der Waals surface area contributed by atoms with Crippen molar-refractivity contribution in [3.63, 3.8) is 0 Å². The molecule has 1 aromatic carbocycles. The largest absolute Gasteiger partial charge is 0.329 e. The van der Waals surface area contributed by atoms with E-state index in [4.69, 9.17) is 5.73 Å². The Bertz CT molecular complexity index is 471. The average Bonchev–Trinajstić information content (AvgIpc) is 2.24. The highest BCUT2D eigenvalue weighted by molar-refractivity contribution is 9.10. The predicted octanol–water partition coefficient (Wildman–Crippen LogP) is 1.30. The SMILES string of the molecule is NCCNS(=O)(=O)C=Cc1cccc(Br)c1. The van der Waals surface area contributed by atoms with Crippen LogP contribution in [0.5, 0.6) is 0 Å². The van der Waals surface area contributed by atoms with Gasteiger partial charge in [-0.15, -0.1) is 0 Å². The molecular formula is C10H13BrN2O2S. The summed E-state index contributed by atoms with van der Waals surface area (Å²) in [6.07, 6.45) is 1.53. The second-order valence-corrected chi connectivity index (χ2v) is 5.65. The molecule has 1 aromatic rings. The van der Waals surface area contributed by atoms with Crippen LogP contribution in [0.2, 0.25) is 0 Å². The lowest BCUT2D eigenvalue weighted by molar-refractivity contribution is 0.591. The highest BCUT2D eigenvalue weighted by Gasteiger charge is 2.02. The first-order valence-corrected chi connectivity index (χ1v) is 7.01. The van der Waals surface area contributed by atoms with Crippen LogP contribution < -0.4 is 10.5 Å². The first kappa shape index (κ1) is 13.4. The lowest BCUT2D eigenvalue weighted by atomic mass is 10.2. The first-order valence-electron chi connectivity index (χ1n) is 4.67. The zero-order chi connectivity index (χ0) is 12.0. The number of nitrogens with one attached hydrogen (secondary N) is 1. The van der Waals surface area contributed by atoms with Gasteiger partial charge >= 0.3 is 0 Å². The van der Waals surface area contributed by atoms with Gasteiger partial charge in [-0.3, -0.25) is 0 Å². The van der Waals surface area contributed by atoms with Crippen LogP contribution in [-0.4, -0.2) is 21.5 Å². The minimum atomic E-state index is -3.38. The fourth-order valence-corrected chi connectivity index (χ4v) is 2.28. The van der Waals surface area contributed by atoms with Crippen molar-refractivity contribution in [2.24, 2.45) is 5.73 Å². The summed E-state index contributed by atoms with van der Waals surface area (Å²) in [7, 11) is -3.38. The van der Waals surface area contributed by atoms with Crippen LogP contribution in [0.15, 0.2) is 34.1 Å². The van der Waals surface area contributed by atoms with Crippen LogP contribution in [0, 0.1) is 0 Å². The Hall–Kier alpha value is -0.690. The Morgan fingerprint density at radius 1 is 1.44 bits per heavy atom. The van der Waals surface area contributed by atoms with Crippen molar-refractivity contribution in [2.75, 3.05) is 13.1 Å². The molecule has 0 aliphatic rings. The number of hydrogen-bond donors (Lipinski definition) is 2. The standard InChI is InChI=1S/C10H13BrN2O2S/c11-10-3-1-2-9(8-10)4-7-16(14,15)13-6-5-12/h1-4,7-8,13H,5-6,12H2. The van der Waals surface area contributed by atoms with Gasteiger partial charge in [0, 0.05) is 23.0 Å². The molecule has 0 heterocycles. The van der Waals surface area contributed by atoms with Crippen LogP contribution in [-0.2, 0) is 10.0 Å². The van der Waals surface area contributed by atoms with Crippen LogP contribution >= 0.6 is 15.9 Å². The van der Waals surface area contributed by atoms with Crippen LogP contribution in [0.1, 0.15) is 5.56 Å². The zero-order valence-corrected chi connectivity index (χ0v) is 11.0. The molecule has 6 heteroatoms. The lowest BCUT2D eigenvalue weighted by Crippen LogP contribution is -2.27. The van der Waals surface area contributed by atoms with Gasteiger partial charge in [0.25, 0.3) is 0 Å². The Kier molecular flexibility index (Phi) is 5.14. The Labute approximate surface area is 104 Å². The summed E-state index contributed by atoms with van der Waals surface area (Å²) >= 11 is 3.31. The molecule has 0 saturated carbocycles. The maximum atomic E-state index is 11.4. The molecule has 0 atom stereocenters. The molecule has 0 fully saturated rings. The van der Waals surface area contributed by atoms with E-state index in [0.29, 0.717) is 0 Å².